The van der Waals surface area contributed by atoms with Crippen molar-refractivity contribution in [3.63, 3.8) is 0 Å². The quantitative estimate of drug-likeness (QED) is 0.745. The second kappa shape index (κ2) is 4.61. The van der Waals surface area contributed by atoms with Gasteiger partial charge in [-0.15, -0.1) is 12.4 Å². The van der Waals surface area contributed by atoms with E-state index in [-0.39, 0.29) is 18.4 Å². The summed E-state index contributed by atoms with van der Waals surface area (Å²) in [6.07, 6.45) is 0. The van der Waals surface area contributed by atoms with Crippen molar-refractivity contribution >= 4 is 12.4 Å². The van der Waals surface area contributed by atoms with Gasteiger partial charge in [0.05, 0.1) is 13.2 Å². The number of halogens is 1. The Morgan fingerprint density at radius 3 is 2.38 bits per heavy atom. The van der Waals surface area contributed by atoms with Crippen LogP contribution in [0.5, 0.6) is 0 Å². The molecule has 1 saturated heterocycles. The first-order valence-electron chi connectivity index (χ1n) is 4.26. The minimum absolute atomic E-state index is 0. The Labute approximate surface area is 84.5 Å². The zero-order valence-corrected chi connectivity index (χ0v) is 8.17. The second-order valence-electron chi connectivity index (χ2n) is 3.22. The Bertz CT molecular complexity index is 252. The molecule has 2 nitrogen and oxygen atoms in total. The largest absolute Gasteiger partial charge is 0.379 e. The standard InChI is InChI=1S/C10H13NO.ClH/c11-10-7-12-6-9(10)8-4-2-1-3-5-8;/h1-5,9-10H,6-7,11H2;1H/t9-,10-;/m0./s1. The fourth-order valence-corrected chi connectivity index (χ4v) is 1.61. The van der Waals surface area contributed by atoms with Crippen LogP contribution in [0, 0.1) is 0 Å². The first-order valence-corrected chi connectivity index (χ1v) is 4.26. The van der Waals surface area contributed by atoms with Crippen LogP contribution in [0.3, 0.4) is 0 Å². The molecule has 0 aliphatic carbocycles. The van der Waals surface area contributed by atoms with Crippen molar-refractivity contribution in [2.45, 2.75) is 12.0 Å². The molecule has 2 atom stereocenters. The maximum absolute atomic E-state index is 5.89. The lowest BCUT2D eigenvalue weighted by molar-refractivity contribution is 0.191. The molecule has 13 heavy (non-hydrogen) atoms. The smallest absolute Gasteiger partial charge is 0.0624 e. The van der Waals surface area contributed by atoms with Gasteiger partial charge in [-0.1, -0.05) is 30.3 Å². The zero-order chi connectivity index (χ0) is 8.39. The van der Waals surface area contributed by atoms with E-state index in [1.54, 1.807) is 0 Å². The van der Waals surface area contributed by atoms with E-state index < -0.39 is 0 Å². The SMILES string of the molecule is Cl.N[C@H]1COC[C@H]1c1ccccc1. The van der Waals surface area contributed by atoms with Crippen molar-refractivity contribution in [1.82, 2.24) is 0 Å². The molecule has 0 amide bonds. The fourth-order valence-electron chi connectivity index (χ4n) is 1.61. The molecule has 1 aliphatic rings. The van der Waals surface area contributed by atoms with E-state index in [4.69, 9.17) is 10.5 Å². The van der Waals surface area contributed by atoms with E-state index in [1.807, 2.05) is 18.2 Å². The van der Waals surface area contributed by atoms with Gasteiger partial charge in [-0.05, 0) is 5.56 Å². The Morgan fingerprint density at radius 2 is 1.85 bits per heavy atom. The van der Waals surface area contributed by atoms with Crippen molar-refractivity contribution in [3.8, 4) is 0 Å². The summed E-state index contributed by atoms with van der Waals surface area (Å²) in [6, 6.07) is 10.5. The molecule has 1 fully saturated rings. The Balaban J connectivity index is 0.000000845. The van der Waals surface area contributed by atoms with Gasteiger partial charge in [-0.3, -0.25) is 0 Å². The van der Waals surface area contributed by atoms with Gasteiger partial charge >= 0.3 is 0 Å². The van der Waals surface area contributed by atoms with E-state index in [0.717, 1.165) is 6.61 Å². The molecule has 0 radical (unpaired) electrons. The maximum Gasteiger partial charge on any atom is 0.0624 e. The lowest BCUT2D eigenvalue weighted by Crippen LogP contribution is -2.26. The van der Waals surface area contributed by atoms with Crippen LogP contribution in [0.15, 0.2) is 30.3 Å². The molecule has 1 aliphatic heterocycles. The van der Waals surface area contributed by atoms with Crippen LogP contribution in [0.2, 0.25) is 0 Å². The topological polar surface area (TPSA) is 35.2 Å². The molecule has 72 valence electrons. The summed E-state index contributed by atoms with van der Waals surface area (Å²) in [7, 11) is 0. The molecule has 1 aromatic carbocycles. The van der Waals surface area contributed by atoms with Crippen molar-refractivity contribution < 1.29 is 4.74 Å². The number of ether oxygens (including phenoxy) is 1. The summed E-state index contributed by atoms with van der Waals surface area (Å²) in [4.78, 5) is 0. The summed E-state index contributed by atoms with van der Waals surface area (Å²) in [5, 5.41) is 0. The lowest BCUT2D eigenvalue weighted by atomic mass is 9.95. The van der Waals surface area contributed by atoms with Crippen LogP contribution < -0.4 is 5.73 Å². The monoisotopic (exact) mass is 199 g/mol. The predicted molar refractivity (Wildman–Crippen MR) is 55.2 cm³/mol. The average molecular weight is 200 g/mol. The lowest BCUT2D eigenvalue weighted by Gasteiger charge is -2.12. The van der Waals surface area contributed by atoms with Crippen molar-refractivity contribution in [2.24, 2.45) is 5.73 Å². The van der Waals surface area contributed by atoms with Gasteiger partial charge in [-0.2, -0.15) is 0 Å². The number of hydrogen-bond donors (Lipinski definition) is 1. The molecule has 0 bridgehead atoms. The van der Waals surface area contributed by atoms with Crippen LogP contribution in [0.1, 0.15) is 11.5 Å². The average Bonchev–Trinajstić information content (AvgIpc) is 2.53. The van der Waals surface area contributed by atoms with Gasteiger partial charge in [0.2, 0.25) is 0 Å². The highest BCUT2D eigenvalue weighted by Gasteiger charge is 2.25. The minimum atomic E-state index is 0. The summed E-state index contributed by atoms with van der Waals surface area (Å²) in [5.41, 5.74) is 7.18. The van der Waals surface area contributed by atoms with E-state index in [2.05, 4.69) is 12.1 Å². The highest BCUT2D eigenvalue weighted by molar-refractivity contribution is 5.85. The molecule has 3 heteroatoms. The number of hydrogen-bond acceptors (Lipinski definition) is 2. The van der Waals surface area contributed by atoms with E-state index in [0.29, 0.717) is 12.5 Å². The number of nitrogens with two attached hydrogens (primary N) is 1. The molecule has 0 unspecified atom stereocenters. The van der Waals surface area contributed by atoms with E-state index >= 15 is 0 Å². The van der Waals surface area contributed by atoms with Crippen molar-refractivity contribution in [1.29, 1.82) is 0 Å². The second-order valence-corrected chi connectivity index (χ2v) is 3.22. The van der Waals surface area contributed by atoms with Crippen LogP contribution in [0.4, 0.5) is 0 Å². The molecular weight excluding hydrogens is 186 g/mol. The van der Waals surface area contributed by atoms with Gasteiger partial charge < -0.3 is 10.5 Å². The highest BCUT2D eigenvalue weighted by atomic mass is 35.5. The summed E-state index contributed by atoms with van der Waals surface area (Å²) in [6.45, 7) is 1.46. The van der Waals surface area contributed by atoms with Crippen molar-refractivity contribution in [2.75, 3.05) is 13.2 Å². The first kappa shape index (κ1) is 10.5. The molecule has 2 N–H and O–H groups in total. The Morgan fingerprint density at radius 1 is 1.15 bits per heavy atom. The van der Waals surface area contributed by atoms with Crippen LogP contribution in [-0.2, 0) is 4.74 Å². The van der Waals surface area contributed by atoms with Gasteiger partial charge in [0.15, 0.2) is 0 Å². The van der Waals surface area contributed by atoms with Gasteiger partial charge in [-0.25, -0.2) is 0 Å². The molecular formula is C10H14ClNO. The highest BCUT2D eigenvalue weighted by Crippen LogP contribution is 2.23. The van der Waals surface area contributed by atoms with Gasteiger partial charge in [0.1, 0.15) is 0 Å². The zero-order valence-electron chi connectivity index (χ0n) is 7.35. The third-order valence-electron chi connectivity index (χ3n) is 2.35. The molecule has 0 saturated carbocycles. The third-order valence-corrected chi connectivity index (χ3v) is 2.35. The Kier molecular flexibility index (Phi) is 3.72. The van der Waals surface area contributed by atoms with Crippen LogP contribution in [0.25, 0.3) is 0 Å². The Hall–Kier alpha value is -0.570. The predicted octanol–water partition coefficient (Wildman–Crippen LogP) is 1.55. The minimum Gasteiger partial charge on any atom is -0.379 e. The molecule has 0 aromatic heterocycles. The fraction of sp³-hybridized carbons (Fsp3) is 0.400. The molecule has 1 aromatic rings. The summed E-state index contributed by atoms with van der Waals surface area (Å²) >= 11 is 0. The summed E-state index contributed by atoms with van der Waals surface area (Å²) in [5.74, 6) is 0.395. The molecule has 0 spiro atoms. The molecule has 2 rings (SSSR count). The van der Waals surface area contributed by atoms with Crippen LogP contribution >= 0.6 is 12.4 Å². The maximum atomic E-state index is 5.89. The van der Waals surface area contributed by atoms with Crippen molar-refractivity contribution in [3.05, 3.63) is 35.9 Å². The van der Waals surface area contributed by atoms with Gasteiger partial charge in [0, 0.05) is 12.0 Å². The third kappa shape index (κ3) is 2.21. The first-order chi connectivity index (χ1) is 5.88. The molecule has 1 heterocycles. The number of benzene rings is 1. The number of rotatable bonds is 1. The van der Waals surface area contributed by atoms with Crippen LogP contribution in [-0.4, -0.2) is 19.3 Å². The van der Waals surface area contributed by atoms with E-state index in [1.165, 1.54) is 5.56 Å². The normalized spacial score (nSPS) is 26.8. The van der Waals surface area contributed by atoms with Gasteiger partial charge in [0.25, 0.3) is 0 Å². The summed E-state index contributed by atoms with van der Waals surface area (Å²) < 4.78 is 5.30. The van der Waals surface area contributed by atoms with E-state index in [9.17, 15) is 0 Å².